The molecule has 0 amide bonds. The Bertz CT molecular complexity index is 91.4. The SMILES string of the molecule is CC(CO)O[CH]C(F)(F)F. The number of aliphatic hydroxyl groups excluding tert-OH is 1. The Hall–Kier alpha value is -0.290. The number of ether oxygens (including phenoxy) is 1. The third kappa shape index (κ3) is 5.84. The second-order valence-electron chi connectivity index (χ2n) is 1.79. The molecule has 0 aliphatic carbocycles. The molecule has 5 heteroatoms. The van der Waals surface area contributed by atoms with Gasteiger partial charge in [-0.1, -0.05) is 0 Å². The van der Waals surface area contributed by atoms with Gasteiger partial charge in [-0.25, -0.2) is 0 Å². The first-order valence-corrected chi connectivity index (χ1v) is 2.63. The molecule has 1 atom stereocenters. The van der Waals surface area contributed by atoms with Crippen molar-refractivity contribution in [3.8, 4) is 0 Å². The molecule has 0 aromatic heterocycles. The van der Waals surface area contributed by atoms with Crippen molar-refractivity contribution < 1.29 is 23.0 Å². The fourth-order valence-electron chi connectivity index (χ4n) is 0.236. The van der Waals surface area contributed by atoms with Crippen LogP contribution in [-0.2, 0) is 4.74 Å². The lowest BCUT2D eigenvalue weighted by Gasteiger charge is -2.10. The summed E-state index contributed by atoms with van der Waals surface area (Å²) in [5, 5.41) is 8.22. The van der Waals surface area contributed by atoms with Crippen LogP contribution in [0.15, 0.2) is 0 Å². The highest BCUT2D eigenvalue weighted by molar-refractivity contribution is 4.63. The molecule has 0 aromatic rings. The van der Waals surface area contributed by atoms with Crippen LogP contribution in [0.25, 0.3) is 0 Å². The Labute approximate surface area is 56.6 Å². The van der Waals surface area contributed by atoms with Crippen molar-refractivity contribution in [3.05, 3.63) is 6.61 Å². The number of hydrogen-bond acceptors (Lipinski definition) is 2. The van der Waals surface area contributed by atoms with Crippen LogP contribution in [0.1, 0.15) is 6.92 Å². The van der Waals surface area contributed by atoms with Gasteiger partial charge in [0.1, 0.15) is 0 Å². The van der Waals surface area contributed by atoms with Crippen LogP contribution in [0.3, 0.4) is 0 Å². The summed E-state index contributed by atoms with van der Waals surface area (Å²) in [6.07, 6.45) is -5.23. The van der Waals surface area contributed by atoms with Gasteiger partial charge < -0.3 is 9.84 Å². The van der Waals surface area contributed by atoms with Gasteiger partial charge in [-0.2, -0.15) is 13.2 Å². The topological polar surface area (TPSA) is 29.5 Å². The average molecular weight is 157 g/mol. The molecule has 2 nitrogen and oxygen atoms in total. The second-order valence-corrected chi connectivity index (χ2v) is 1.79. The van der Waals surface area contributed by atoms with Crippen molar-refractivity contribution >= 4 is 0 Å². The van der Waals surface area contributed by atoms with E-state index in [9.17, 15) is 13.2 Å². The number of alkyl halides is 3. The summed E-state index contributed by atoms with van der Waals surface area (Å²) in [5.74, 6) is 0. The normalized spacial score (nSPS) is 15.3. The summed E-state index contributed by atoms with van der Waals surface area (Å²) >= 11 is 0. The van der Waals surface area contributed by atoms with E-state index >= 15 is 0 Å². The van der Waals surface area contributed by atoms with E-state index < -0.39 is 18.9 Å². The molecular formula is C5H8F3O2. The highest BCUT2D eigenvalue weighted by atomic mass is 19.4. The summed E-state index contributed by atoms with van der Waals surface area (Å²) in [7, 11) is 0. The van der Waals surface area contributed by atoms with Crippen LogP contribution in [0.2, 0.25) is 0 Å². The first-order valence-electron chi connectivity index (χ1n) is 2.63. The van der Waals surface area contributed by atoms with E-state index in [1.54, 1.807) is 0 Å². The molecule has 0 saturated heterocycles. The van der Waals surface area contributed by atoms with Gasteiger partial charge in [0.25, 0.3) is 0 Å². The summed E-state index contributed by atoms with van der Waals surface area (Å²) in [4.78, 5) is 0. The molecule has 0 aliphatic rings. The van der Waals surface area contributed by atoms with Gasteiger partial charge in [0.15, 0.2) is 6.61 Å². The third-order valence-electron chi connectivity index (χ3n) is 0.691. The number of hydrogen-bond donors (Lipinski definition) is 1. The highest BCUT2D eigenvalue weighted by Crippen LogP contribution is 2.19. The largest absolute Gasteiger partial charge is 0.417 e. The van der Waals surface area contributed by atoms with E-state index in [-0.39, 0.29) is 6.61 Å². The third-order valence-corrected chi connectivity index (χ3v) is 0.691. The van der Waals surface area contributed by atoms with E-state index in [0.717, 1.165) is 0 Å². The zero-order valence-electron chi connectivity index (χ0n) is 5.35. The second kappa shape index (κ2) is 3.78. The first-order chi connectivity index (χ1) is 4.45. The van der Waals surface area contributed by atoms with Crippen LogP contribution in [-0.4, -0.2) is 24.0 Å². The van der Waals surface area contributed by atoms with Crippen LogP contribution in [0.5, 0.6) is 0 Å². The zero-order chi connectivity index (χ0) is 8.20. The molecule has 0 rings (SSSR count). The van der Waals surface area contributed by atoms with E-state index in [2.05, 4.69) is 4.74 Å². The van der Waals surface area contributed by atoms with Gasteiger partial charge in [-0.05, 0) is 6.92 Å². The highest BCUT2D eigenvalue weighted by Gasteiger charge is 2.29. The van der Waals surface area contributed by atoms with E-state index in [1.165, 1.54) is 6.92 Å². The van der Waals surface area contributed by atoms with Crippen LogP contribution < -0.4 is 0 Å². The Kier molecular flexibility index (Phi) is 3.67. The maximum atomic E-state index is 11.3. The smallest absolute Gasteiger partial charge is 0.394 e. The maximum absolute atomic E-state index is 11.3. The standard InChI is InChI=1S/C5H8F3O2/c1-4(2-9)10-3-5(6,7)8/h3-4,9H,2H2,1H3. The molecular weight excluding hydrogens is 149 g/mol. The fourth-order valence-corrected chi connectivity index (χ4v) is 0.236. The Morgan fingerprint density at radius 2 is 2.10 bits per heavy atom. The minimum atomic E-state index is -4.43. The van der Waals surface area contributed by atoms with Gasteiger partial charge in [-0.3, -0.25) is 0 Å². The van der Waals surface area contributed by atoms with Gasteiger partial charge in [0.05, 0.1) is 12.7 Å². The monoisotopic (exact) mass is 157 g/mol. The Morgan fingerprint density at radius 1 is 1.60 bits per heavy atom. The average Bonchev–Trinajstić information content (AvgIpc) is 1.81. The summed E-state index contributed by atoms with van der Waals surface area (Å²) in [6.45, 7) is 0.669. The Morgan fingerprint density at radius 3 is 2.40 bits per heavy atom. The van der Waals surface area contributed by atoms with E-state index in [4.69, 9.17) is 5.11 Å². The van der Waals surface area contributed by atoms with Crippen LogP contribution >= 0.6 is 0 Å². The lowest BCUT2D eigenvalue weighted by molar-refractivity contribution is -0.148. The molecule has 1 radical (unpaired) electrons. The molecule has 61 valence electrons. The van der Waals surface area contributed by atoms with Crippen molar-refractivity contribution in [3.63, 3.8) is 0 Å². The predicted molar refractivity (Wildman–Crippen MR) is 28.0 cm³/mol. The molecule has 0 bridgehead atoms. The molecule has 0 aliphatic heterocycles. The predicted octanol–water partition coefficient (Wildman–Crippen LogP) is 1.11. The molecule has 1 unspecified atom stereocenters. The van der Waals surface area contributed by atoms with Gasteiger partial charge in [-0.15, -0.1) is 0 Å². The van der Waals surface area contributed by atoms with Crippen LogP contribution in [0.4, 0.5) is 13.2 Å². The summed E-state index contributed by atoms with van der Waals surface area (Å²) in [6, 6.07) is 0. The maximum Gasteiger partial charge on any atom is 0.417 e. The van der Waals surface area contributed by atoms with Gasteiger partial charge in [0.2, 0.25) is 0 Å². The quantitative estimate of drug-likeness (QED) is 0.664. The molecule has 0 saturated carbocycles. The van der Waals surface area contributed by atoms with E-state index in [0.29, 0.717) is 0 Å². The van der Waals surface area contributed by atoms with Crippen molar-refractivity contribution in [2.75, 3.05) is 6.61 Å². The fraction of sp³-hybridized carbons (Fsp3) is 0.800. The van der Waals surface area contributed by atoms with Crippen molar-refractivity contribution in [2.24, 2.45) is 0 Å². The van der Waals surface area contributed by atoms with Gasteiger partial charge >= 0.3 is 6.18 Å². The van der Waals surface area contributed by atoms with Crippen LogP contribution in [0, 0.1) is 6.61 Å². The molecule has 1 N–H and O–H groups in total. The Balaban J connectivity index is 3.36. The molecule has 0 spiro atoms. The van der Waals surface area contributed by atoms with Gasteiger partial charge in [0, 0.05) is 0 Å². The zero-order valence-corrected chi connectivity index (χ0v) is 5.35. The van der Waals surface area contributed by atoms with E-state index in [1.807, 2.05) is 0 Å². The number of rotatable bonds is 3. The number of halogens is 3. The molecule has 10 heavy (non-hydrogen) atoms. The van der Waals surface area contributed by atoms with Crippen molar-refractivity contribution in [2.45, 2.75) is 19.2 Å². The molecule has 0 heterocycles. The molecule has 0 fully saturated rings. The lowest BCUT2D eigenvalue weighted by Crippen LogP contribution is -2.18. The minimum absolute atomic E-state index is 0.242. The van der Waals surface area contributed by atoms with Crippen molar-refractivity contribution in [1.82, 2.24) is 0 Å². The minimum Gasteiger partial charge on any atom is -0.394 e. The summed E-state index contributed by atoms with van der Waals surface area (Å²) in [5.41, 5.74) is 0. The number of aliphatic hydroxyl groups is 1. The first kappa shape index (κ1) is 9.71. The lowest BCUT2D eigenvalue weighted by atomic mass is 10.4. The molecule has 0 aromatic carbocycles. The van der Waals surface area contributed by atoms with Crippen molar-refractivity contribution in [1.29, 1.82) is 0 Å². The summed E-state index contributed by atoms with van der Waals surface area (Å²) < 4.78 is 37.9.